The van der Waals surface area contributed by atoms with Gasteiger partial charge in [0.1, 0.15) is 5.82 Å². The molecule has 0 spiro atoms. The van der Waals surface area contributed by atoms with Gasteiger partial charge in [0.05, 0.1) is 6.54 Å². The molecule has 1 saturated heterocycles. The van der Waals surface area contributed by atoms with Crippen molar-refractivity contribution in [2.75, 3.05) is 0 Å². The van der Waals surface area contributed by atoms with Gasteiger partial charge in [0.2, 0.25) is 11.8 Å². The van der Waals surface area contributed by atoms with Crippen LogP contribution in [0.15, 0.2) is 18.2 Å². The van der Waals surface area contributed by atoms with Crippen molar-refractivity contribution in [1.29, 1.82) is 0 Å². The van der Waals surface area contributed by atoms with Crippen LogP contribution in [0.5, 0.6) is 0 Å². The van der Waals surface area contributed by atoms with Crippen molar-refractivity contribution in [1.82, 2.24) is 4.90 Å². The van der Waals surface area contributed by atoms with Gasteiger partial charge < -0.3 is 0 Å². The summed E-state index contributed by atoms with van der Waals surface area (Å²) in [6.45, 7) is 1.89. The smallest absolute Gasteiger partial charge is 0.229 e. The van der Waals surface area contributed by atoms with Crippen LogP contribution in [0.2, 0.25) is 0 Å². The Morgan fingerprint density at radius 1 is 1.25 bits per heavy atom. The highest BCUT2D eigenvalue weighted by atomic mass is 19.1. The molecule has 0 unspecified atom stereocenters. The van der Waals surface area contributed by atoms with Gasteiger partial charge in [0.25, 0.3) is 0 Å². The van der Waals surface area contributed by atoms with Crippen LogP contribution < -0.4 is 0 Å². The molecule has 4 heteroatoms. The summed E-state index contributed by atoms with van der Waals surface area (Å²) in [7, 11) is 0. The molecule has 1 aliphatic heterocycles. The van der Waals surface area contributed by atoms with E-state index in [-0.39, 0.29) is 37.0 Å². The van der Waals surface area contributed by atoms with E-state index in [1.807, 2.05) is 6.92 Å². The molecule has 0 N–H and O–H groups in total. The number of rotatable bonds is 2. The number of amides is 2. The molecule has 1 aromatic carbocycles. The van der Waals surface area contributed by atoms with Gasteiger partial charge in [-0.3, -0.25) is 14.5 Å². The zero-order valence-corrected chi connectivity index (χ0v) is 9.00. The fraction of sp³-hybridized carbons (Fsp3) is 0.333. The first-order valence-corrected chi connectivity index (χ1v) is 5.16. The quantitative estimate of drug-likeness (QED) is 0.714. The molecule has 1 aromatic rings. The molecule has 0 saturated carbocycles. The normalized spacial score (nSPS) is 16.0. The van der Waals surface area contributed by atoms with E-state index in [1.54, 1.807) is 12.1 Å². The van der Waals surface area contributed by atoms with Crippen molar-refractivity contribution < 1.29 is 14.0 Å². The van der Waals surface area contributed by atoms with Crippen LogP contribution in [0.4, 0.5) is 4.39 Å². The van der Waals surface area contributed by atoms with Crippen LogP contribution in [0.1, 0.15) is 24.0 Å². The number of hydrogen-bond acceptors (Lipinski definition) is 2. The molecule has 0 radical (unpaired) electrons. The van der Waals surface area contributed by atoms with Crippen LogP contribution in [-0.4, -0.2) is 16.7 Å². The van der Waals surface area contributed by atoms with E-state index >= 15 is 0 Å². The highest BCUT2D eigenvalue weighted by Crippen LogP contribution is 2.18. The minimum atomic E-state index is -0.377. The van der Waals surface area contributed by atoms with Crippen molar-refractivity contribution in [3.63, 3.8) is 0 Å². The summed E-state index contributed by atoms with van der Waals surface area (Å²) < 4.78 is 13.4. The minimum absolute atomic E-state index is 0.0468. The van der Waals surface area contributed by atoms with Gasteiger partial charge in [-0.1, -0.05) is 17.7 Å². The van der Waals surface area contributed by atoms with Crippen molar-refractivity contribution in [2.24, 2.45) is 0 Å². The number of hydrogen-bond donors (Lipinski definition) is 0. The number of likely N-dealkylation sites (tertiary alicyclic amines) is 1. The number of benzene rings is 1. The maximum Gasteiger partial charge on any atom is 0.229 e. The molecular formula is C12H12FNO2. The van der Waals surface area contributed by atoms with Gasteiger partial charge in [-0.15, -0.1) is 0 Å². The second kappa shape index (κ2) is 4.04. The van der Waals surface area contributed by atoms with E-state index < -0.39 is 0 Å². The Balaban J connectivity index is 2.23. The van der Waals surface area contributed by atoms with Gasteiger partial charge >= 0.3 is 0 Å². The molecule has 0 bridgehead atoms. The van der Waals surface area contributed by atoms with E-state index in [0.717, 1.165) is 10.5 Å². The highest BCUT2D eigenvalue weighted by molar-refractivity contribution is 6.01. The second-order valence-electron chi connectivity index (χ2n) is 3.97. The predicted molar refractivity (Wildman–Crippen MR) is 55.9 cm³/mol. The zero-order chi connectivity index (χ0) is 11.7. The summed E-state index contributed by atoms with van der Waals surface area (Å²) in [6, 6.07) is 4.68. The largest absolute Gasteiger partial charge is 0.278 e. The number of carbonyl (C=O) groups is 2. The molecule has 1 heterocycles. The fourth-order valence-electron chi connectivity index (χ4n) is 1.79. The SMILES string of the molecule is Cc1ccc(F)c(CN2C(=O)CCC2=O)c1. The lowest BCUT2D eigenvalue weighted by molar-refractivity contribution is -0.139. The van der Waals surface area contributed by atoms with E-state index in [2.05, 4.69) is 0 Å². The minimum Gasteiger partial charge on any atom is -0.278 e. The highest BCUT2D eigenvalue weighted by Gasteiger charge is 2.29. The standard InChI is InChI=1S/C12H12FNO2/c1-8-2-3-10(13)9(6-8)7-14-11(15)4-5-12(14)16/h2-3,6H,4-5,7H2,1H3. The molecule has 3 nitrogen and oxygen atoms in total. The molecular weight excluding hydrogens is 209 g/mol. The van der Waals surface area contributed by atoms with E-state index in [1.165, 1.54) is 6.07 Å². The van der Waals surface area contributed by atoms with Gasteiger partial charge in [0, 0.05) is 18.4 Å². The van der Waals surface area contributed by atoms with Crippen molar-refractivity contribution in [2.45, 2.75) is 26.3 Å². The molecule has 0 aromatic heterocycles. The van der Waals surface area contributed by atoms with Crippen LogP contribution in [0, 0.1) is 12.7 Å². The lowest BCUT2D eigenvalue weighted by Gasteiger charge is -2.14. The number of carbonyl (C=O) groups excluding carboxylic acids is 2. The molecule has 2 rings (SSSR count). The van der Waals surface area contributed by atoms with Crippen LogP contribution in [-0.2, 0) is 16.1 Å². The Morgan fingerprint density at radius 2 is 1.88 bits per heavy atom. The summed E-state index contributed by atoms with van der Waals surface area (Å²) >= 11 is 0. The molecule has 1 fully saturated rings. The fourth-order valence-corrected chi connectivity index (χ4v) is 1.79. The number of aryl methyl sites for hydroxylation is 1. The van der Waals surface area contributed by atoms with Crippen LogP contribution >= 0.6 is 0 Å². The first-order valence-electron chi connectivity index (χ1n) is 5.16. The molecule has 0 atom stereocenters. The summed E-state index contributed by atoms with van der Waals surface area (Å²) in [5.74, 6) is -0.810. The average molecular weight is 221 g/mol. The summed E-state index contributed by atoms with van der Waals surface area (Å²) in [6.07, 6.45) is 0.485. The maximum absolute atomic E-state index is 13.4. The Hall–Kier alpha value is -1.71. The molecule has 2 amide bonds. The topological polar surface area (TPSA) is 37.4 Å². The first-order chi connectivity index (χ1) is 7.58. The van der Waals surface area contributed by atoms with Crippen LogP contribution in [0.3, 0.4) is 0 Å². The van der Waals surface area contributed by atoms with Crippen molar-refractivity contribution in [3.05, 3.63) is 35.1 Å². The Bertz CT molecular complexity index is 440. The zero-order valence-electron chi connectivity index (χ0n) is 9.00. The van der Waals surface area contributed by atoms with E-state index in [0.29, 0.717) is 5.56 Å². The van der Waals surface area contributed by atoms with Gasteiger partial charge in [0.15, 0.2) is 0 Å². The third kappa shape index (κ3) is 1.96. The van der Waals surface area contributed by atoms with Crippen molar-refractivity contribution in [3.8, 4) is 0 Å². The Morgan fingerprint density at radius 3 is 2.50 bits per heavy atom. The molecule has 0 aliphatic carbocycles. The number of halogens is 1. The maximum atomic E-state index is 13.4. The Kier molecular flexibility index (Phi) is 2.73. The third-order valence-electron chi connectivity index (χ3n) is 2.68. The lowest BCUT2D eigenvalue weighted by atomic mass is 10.1. The monoisotopic (exact) mass is 221 g/mol. The summed E-state index contributed by atoms with van der Waals surface area (Å²) in [5.41, 5.74) is 1.30. The van der Waals surface area contributed by atoms with Crippen molar-refractivity contribution >= 4 is 11.8 Å². The number of imide groups is 1. The second-order valence-corrected chi connectivity index (χ2v) is 3.97. The van der Waals surface area contributed by atoms with E-state index in [4.69, 9.17) is 0 Å². The van der Waals surface area contributed by atoms with Gasteiger partial charge in [-0.05, 0) is 13.0 Å². The summed E-state index contributed by atoms with van der Waals surface area (Å²) in [4.78, 5) is 23.9. The predicted octanol–water partition coefficient (Wildman–Crippen LogP) is 1.78. The van der Waals surface area contributed by atoms with Crippen LogP contribution in [0.25, 0.3) is 0 Å². The Labute approximate surface area is 92.9 Å². The average Bonchev–Trinajstić information content (AvgIpc) is 2.55. The van der Waals surface area contributed by atoms with E-state index in [9.17, 15) is 14.0 Å². The molecule has 1 aliphatic rings. The van der Waals surface area contributed by atoms with Gasteiger partial charge in [-0.25, -0.2) is 4.39 Å². The van der Waals surface area contributed by atoms with Gasteiger partial charge in [-0.2, -0.15) is 0 Å². The first kappa shape index (κ1) is 10.8. The third-order valence-corrected chi connectivity index (χ3v) is 2.68. The molecule has 84 valence electrons. The number of nitrogens with zero attached hydrogens (tertiary/aromatic N) is 1. The summed E-state index contributed by atoms with van der Waals surface area (Å²) in [5, 5.41) is 0. The lowest BCUT2D eigenvalue weighted by Crippen LogP contribution is -2.28. The molecule has 16 heavy (non-hydrogen) atoms.